The van der Waals surface area contributed by atoms with Crippen LogP contribution in [0.5, 0.6) is 0 Å². The Morgan fingerprint density at radius 3 is 2.57 bits per heavy atom. The number of ether oxygens (including phenoxy) is 4. The topological polar surface area (TPSA) is 135 Å². The van der Waals surface area contributed by atoms with Gasteiger partial charge >= 0.3 is 11.7 Å². The van der Waals surface area contributed by atoms with Gasteiger partial charge in [-0.1, -0.05) is 12.1 Å². The predicted octanol–water partition coefficient (Wildman–Crippen LogP) is 0.322. The standard InChI is InChI=1S/C20H23N3O7/c1-20(2)29-16-13(10-27-15(25)9-11-3-5-12(21)6-4-11)28-18(17(16)30-20)23-8-7-14(24)22-19(23)26/h3-8,13,16-18H,9-10,21H2,1-2H3,(H,22,24,26)/t13-,16-,17-,18-/m1/s1. The van der Waals surface area contributed by atoms with Crippen LogP contribution in [0.1, 0.15) is 25.6 Å². The van der Waals surface area contributed by atoms with E-state index in [0.717, 1.165) is 5.56 Å². The van der Waals surface area contributed by atoms with E-state index >= 15 is 0 Å². The monoisotopic (exact) mass is 417 g/mol. The Hall–Kier alpha value is -2.95. The van der Waals surface area contributed by atoms with Gasteiger partial charge in [0.15, 0.2) is 12.0 Å². The van der Waals surface area contributed by atoms with Crippen molar-refractivity contribution in [3.05, 3.63) is 62.9 Å². The van der Waals surface area contributed by atoms with Gasteiger partial charge in [0.25, 0.3) is 5.56 Å². The number of carbonyl (C=O) groups excluding carboxylic acids is 1. The molecular formula is C20H23N3O7. The largest absolute Gasteiger partial charge is 0.463 e. The molecule has 0 radical (unpaired) electrons. The molecule has 160 valence electrons. The summed E-state index contributed by atoms with van der Waals surface area (Å²) in [7, 11) is 0. The Bertz CT molecular complexity index is 1040. The van der Waals surface area contributed by atoms with Crippen molar-refractivity contribution in [2.24, 2.45) is 0 Å². The van der Waals surface area contributed by atoms with Gasteiger partial charge in [-0.15, -0.1) is 0 Å². The summed E-state index contributed by atoms with van der Waals surface area (Å²) >= 11 is 0. The fourth-order valence-electron chi connectivity index (χ4n) is 3.67. The summed E-state index contributed by atoms with van der Waals surface area (Å²) in [4.78, 5) is 38.0. The lowest BCUT2D eigenvalue weighted by atomic mass is 10.1. The first-order valence-electron chi connectivity index (χ1n) is 9.54. The van der Waals surface area contributed by atoms with Gasteiger partial charge in [-0.3, -0.25) is 19.1 Å². The predicted molar refractivity (Wildman–Crippen MR) is 105 cm³/mol. The number of hydrogen-bond donors (Lipinski definition) is 2. The number of hydrogen-bond acceptors (Lipinski definition) is 8. The minimum atomic E-state index is -0.893. The first-order chi connectivity index (χ1) is 14.2. The van der Waals surface area contributed by atoms with Crippen molar-refractivity contribution in [2.75, 3.05) is 12.3 Å². The van der Waals surface area contributed by atoms with E-state index in [4.69, 9.17) is 24.7 Å². The molecule has 0 aliphatic carbocycles. The van der Waals surface area contributed by atoms with Crippen LogP contribution >= 0.6 is 0 Å². The summed E-state index contributed by atoms with van der Waals surface area (Å²) in [5.41, 5.74) is 5.90. The molecule has 10 heteroatoms. The first-order valence-corrected chi connectivity index (χ1v) is 9.54. The van der Waals surface area contributed by atoms with Gasteiger partial charge in [0, 0.05) is 18.0 Å². The maximum Gasteiger partial charge on any atom is 0.330 e. The van der Waals surface area contributed by atoms with Crippen LogP contribution in [0, 0.1) is 0 Å². The molecule has 30 heavy (non-hydrogen) atoms. The highest BCUT2D eigenvalue weighted by atomic mass is 16.8. The van der Waals surface area contributed by atoms with Crippen molar-refractivity contribution < 1.29 is 23.7 Å². The van der Waals surface area contributed by atoms with E-state index < -0.39 is 47.5 Å². The lowest BCUT2D eigenvalue weighted by molar-refractivity contribution is -0.203. The average Bonchev–Trinajstić information content (AvgIpc) is 3.15. The molecule has 3 heterocycles. The fraction of sp³-hybridized carbons (Fsp3) is 0.450. The maximum absolute atomic E-state index is 12.2. The molecule has 2 aromatic rings. The van der Waals surface area contributed by atoms with Crippen LogP contribution in [-0.2, 0) is 30.2 Å². The van der Waals surface area contributed by atoms with E-state index in [1.165, 1.54) is 16.8 Å². The zero-order valence-electron chi connectivity index (χ0n) is 16.6. The molecule has 4 rings (SSSR count). The normalized spacial score (nSPS) is 27.0. The van der Waals surface area contributed by atoms with Gasteiger partial charge in [-0.25, -0.2) is 4.79 Å². The van der Waals surface area contributed by atoms with Crippen LogP contribution in [0.15, 0.2) is 46.1 Å². The summed E-state index contributed by atoms with van der Waals surface area (Å²) in [5, 5.41) is 0. The number of benzene rings is 1. The third-order valence-electron chi connectivity index (χ3n) is 4.99. The number of nitrogens with zero attached hydrogens (tertiary/aromatic N) is 1. The molecule has 2 fully saturated rings. The molecule has 0 bridgehead atoms. The van der Waals surface area contributed by atoms with Crippen molar-refractivity contribution in [1.82, 2.24) is 9.55 Å². The lowest BCUT2D eigenvalue weighted by Gasteiger charge is -2.24. The van der Waals surface area contributed by atoms with Crippen LogP contribution in [0.3, 0.4) is 0 Å². The lowest BCUT2D eigenvalue weighted by Crippen LogP contribution is -2.37. The van der Waals surface area contributed by atoms with Gasteiger partial charge < -0.3 is 24.7 Å². The minimum Gasteiger partial charge on any atom is -0.463 e. The van der Waals surface area contributed by atoms with E-state index in [0.29, 0.717) is 5.69 Å². The molecule has 10 nitrogen and oxygen atoms in total. The van der Waals surface area contributed by atoms with Crippen LogP contribution in [-0.4, -0.2) is 46.2 Å². The van der Waals surface area contributed by atoms with Crippen molar-refractivity contribution in [1.29, 1.82) is 0 Å². The number of carbonyl (C=O) groups is 1. The molecule has 4 atom stereocenters. The van der Waals surface area contributed by atoms with Crippen LogP contribution < -0.4 is 17.0 Å². The molecule has 2 saturated heterocycles. The van der Waals surface area contributed by atoms with Crippen molar-refractivity contribution in [3.8, 4) is 0 Å². The summed E-state index contributed by atoms with van der Waals surface area (Å²) < 4.78 is 24.4. The highest BCUT2D eigenvalue weighted by molar-refractivity contribution is 5.72. The zero-order valence-corrected chi connectivity index (χ0v) is 16.6. The number of H-pyrrole nitrogens is 1. The second-order valence-electron chi connectivity index (χ2n) is 7.75. The average molecular weight is 417 g/mol. The molecule has 1 aromatic heterocycles. The summed E-state index contributed by atoms with van der Waals surface area (Å²) in [6.07, 6.45) is -1.20. The quantitative estimate of drug-likeness (QED) is 0.525. The Morgan fingerprint density at radius 1 is 1.17 bits per heavy atom. The number of aromatic nitrogens is 2. The smallest absolute Gasteiger partial charge is 0.330 e. The van der Waals surface area contributed by atoms with Crippen molar-refractivity contribution in [3.63, 3.8) is 0 Å². The molecular weight excluding hydrogens is 394 g/mol. The maximum atomic E-state index is 12.2. The summed E-state index contributed by atoms with van der Waals surface area (Å²) in [6.45, 7) is 3.44. The van der Waals surface area contributed by atoms with E-state index in [9.17, 15) is 14.4 Å². The number of rotatable bonds is 5. The summed E-state index contributed by atoms with van der Waals surface area (Å²) in [5.74, 6) is -1.32. The Labute approximate surface area is 171 Å². The number of aromatic amines is 1. The molecule has 0 spiro atoms. The van der Waals surface area contributed by atoms with E-state index in [1.807, 2.05) is 0 Å². The van der Waals surface area contributed by atoms with Gasteiger partial charge in [-0.2, -0.15) is 0 Å². The van der Waals surface area contributed by atoms with Gasteiger partial charge in [0.05, 0.1) is 6.42 Å². The SMILES string of the molecule is CC1(C)O[C@@H]2[C@H](O1)[C@@H](COC(=O)Cc1ccc(N)cc1)O[C@H]2n1ccc(=O)[nH]c1=O. The molecule has 1 aromatic carbocycles. The Balaban J connectivity index is 1.46. The number of anilines is 1. The molecule has 3 N–H and O–H groups in total. The number of nitrogen functional groups attached to an aromatic ring is 1. The van der Waals surface area contributed by atoms with Crippen molar-refractivity contribution in [2.45, 2.75) is 50.6 Å². The minimum absolute atomic E-state index is 0.0665. The van der Waals surface area contributed by atoms with E-state index in [-0.39, 0.29) is 13.0 Å². The summed E-state index contributed by atoms with van der Waals surface area (Å²) in [6, 6.07) is 8.17. The fourth-order valence-corrected chi connectivity index (χ4v) is 3.67. The first kappa shape index (κ1) is 20.3. The second kappa shape index (κ2) is 7.71. The Morgan fingerprint density at radius 2 is 1.87 bits per heavy atom. The number of fused-ring (bicyclic) bond motifs is 1. The number of nitrogens with one attached hydrogen (secondary N) is 1. The highest BCUT2D eigenvalue weighted by Gasteiger charge is 2.56. The molecule has 2 aliphatic rings. The van der Waals surface area contributed by atoms with E-state index in [2.05, 4.69) is 4.98 Å². The molecule has 0 saturated carbocycles. The van der Waals surface area contributed by atoms with Crippen LogP contribution in [0.2, 0.25) is 0 Å². The highest BCUT2D eigenvalue weighted by Crippen LogP contribution is 2.42. The van der Waals surface area contributed by atoms with Crippen molar-refractivity contribution >= 4 is 11.7 Å². The van der Waals surface area contributed by atoms with Gasteiger partial charge in [0.2, 0.25) is 0 Å². The van der Waals surface area contributed by atoms with Gasteiger partial charge in [0.1, 0.15) is 24.9 Å². The van der Waals surface area contributed by atoms with E-state index in [1.54, 1.807) is 38.1 Å². The van der Waals surface area contributed by atoms with Crippen LogP contribution in [0.4, 0.5) is 5.69 Å². The number of esters is 1. The third-order valence-corrected chi connectivity index (χ3v) is 4.99. The third kappa shape index (κ3) is 4.16. The molecule has 2 aliphatic heterocycles. The Kier molecular flexibility index (Phi) is 5.22. The van der Waals surface area contributed by atoms with Gasteiger partial charge in [-0.05, 0) is 31.5 Å². The second-order valence-corrected chi connectivity index (χ2v) is 7.75. The number of nitrogens with two attached hydrogens (primary N) is 1. The van der Waals surface area contributed by atoms with Crippen LogP contribution in [0.25, 0.3) is 0 Å². The zero-order chi connectivity index (χ0) is 21.5. The molecule has 0 unspecified atom stereocenters. The molecule has 0 amide bonds.